The summed E-state index contributed by atoms with van der Waals surface area (Å²) in [5.74, 6) is 0. The van der Waals surface area contributed by atoms with E-state index >= 15 is 0 Å². The van der Waals surface area contributed by atoms with E-state index in [9.17, 15) is 9.59 Å². The molecule has 3 heterocycles. The minimum atomic E-state index is -0.377. The first-order valence-corrected chi connectivity index (χ1v) is 8.46. The molecule has 5 nitrogen and oxygen atoms in total. The van der Waals surface area contributed by atoms with E-state index in [0.717, 1.165) is 41.1 Å². The normalized spacial score (nSPS) is 13.6. The summed E-state index contributed by atoms with van der Waals surface area (Å²) < 4.78 is 1.25. The van der Waals surface area contributed by atoms with E-state index in [1.54, 1.807) is 0 Å². The number of aryl methyl sites for hydroxylation is 2. The molecule has 0 saturated heterocycles. The van der Waals surface area contributed by atoms with E-state index in [4.69, 9.17) is 0 Å². The first-order valence-electron chi connectivity index (χ1n) is 7.64. The van der Waals surface area contributed by atoms with Crippen LogP contribution in [0.5, 0.6) is 0 Å². The summed E-state index contributed by atoms with van der Waals surface area (Å²) in [5.41, 5.74) is 3.31. The van der Waals surface area contributed by atoms with Crippen molar-refractivity contribution in [1.82, 2.24) is 14.9 Å². The fourth-order valence-electron chi connectivity index (χ4n) is 3.11. The Kier molecular flexibility index (Phi) is 4.38. The zero-order valence-electron chi connectivity index (χ0n) is 13.4. The van der Waals surface area contributed by atoms with Gasteiger partial charge in [0.25, 0.3) is 5.56 Å². The monoisotopic (exact) mass is 363 g/mol. The van der Waals surface area contributed by atoms with E-state index in [1.807, 2.05) is 32.0 Å². The van der Waals surface area contributed by atoms with Crippen LogP contribution in [0.4, 0.5) is 0 Å². The van der Waals surface area contributed by atoms with Crippen LogP contribution in [0.3, 0.4) is 0 Å². The summed E-state index contributed by atoms with van der Waals surface area (Å²) in [6, 6.07) is 5.65. The molecule has 0 amide bonds. The summed E-state index contributed by atoms with van der Waals surface area (Å²) in [4.78, 5) is 30.2. The minimum absolute atomic E-state index is 0. The molecule has 1 aromatic carbocycles. The smallest absolute Gasteiger partial charge is 0.312 e. The van der Waals surface area contributed by atoms with Crippen molar-refractivity contribution in [2.45, 2.75) is 26.8 Å². The lowest BCUT2D eigenvalue weighted by Gasteiger charge is -2.12. The van der Waals surface area contributed by atoms with Gasteiger partial charge in [0.2, 0.25) is 0 Å². The Morgan fingerprint density at radius 3 is 2.71 bits per heavy atom. The second kappa shape index (κ2) is 6.20. The molecule has 24 heavy (non-hydrogen) atoms. The van der Waals surface area contributed by atoms with Gasteiger partial charge in [0, 0.05) is 11.4 Å². The first-order chi connectivity index (χ1) is 11.1. The lowest BCUT2D eigenvalue weighted by molar-refractivity contribution is 0.656. The van der Waals surface area contributed by atoms with Crippen LogP contribution in [0.25, 0.3) is 15.9 Å². The maximum Gasteiger partial charge on any atom is 0.334 e. The molecule has 1 aliphatic rings. The third-order valence-electron chi connectivity index (χ3n) is 4.52. The van der Waals surface area contributed by atoms with E-state index in [-0.39, 0.29) is 23.7 Å². The largest absolute Gasteiger partial charge is 0.334 e. The molecule has 2 aromatic heterocycles. The Morgan fingerprint density at radius 2 is 1.96 bits per heavy atom. The zero-order valence-corrected chi connectivity index (χ0v) is 15.1. The van der Waals surface area contributed by atoms with Crippen LogP contribution in [0.2, 0.25) is 0 Å². The predicted molar refractivity (Wildman–Crippen MR) is 100 cm³/mol. The van der Waals surface area contributed by atoms with E-state index in [2.05, 4.69) is 10.3 Å². The number of benzene rings is 1. The Labute approximate surface area is 148 Å². The molecule has 0 unspecified atom stereocenters. The molecule has 4 rings (SSSR count). The van der Waals surface area contributed by atoms with Crippen molar-refractivity contribution in [2.75, 3.05) is 6.54 Å². The highest BCUT2D eigenvalue weighted by atomic mass is 35.5. The van der Waals surface area contributed by atoms with Crippen molar-refractivity contribution in [1.29, 1.82) is 0 Å². The highest BCUT2D eigenvalue weighted by Gasteiger charge is 2.21. The Morgan fingerprint density at radius 1 is 1.17 bits per heavy atom. The molecule has 0 saturated carbocycles. The van der Waals surface area contributed by atoms with Gasteiger partial charge in [-0.25, -0.2) is 9.36 Å². The third-order valence-corrected chi connectivity index (χ3v) is 5.66. The number of thiophene rings is 1. The highest BCUT2D eigenvalue weighted by molar-refractivity contribution is 7.18. The molecule has 0 bridgehead atoms. The summed E-state index contributed by atoms with van der Waals surface area (Å²) in [6.45, 7) is 5.62. The number of H-pyrrole nitrogens is 1. The molecule has 3 aromatic rings. The van der Waals surface area contributed by atoms with E-state index in [0.29, 0.717) is 15.9 Å². The second-order valence-corrected chi connectivity index (χ2v) is 7.08. The van der Waals surface area contributed by atoms with Crippen LogP contribution in [0.15, 0.2) is 27.8 Å². The molecule has 1 aliphatic heterocycles. The number of halogens is 1. The van der Waals surface area contributed by atoms with Crippen molar-refractivity contribution in [2.24, 2.45) is 0 Å². The van der Waals surface area contributed by atoms with Gasteiger partial charge in [0.15, 0.2) is 0 Å². The maximum atomic E-state index is 13.0. The number of nitrogens with zero attached hydrogens (tertiary/aromatic N) is 1. The molecule has 0 fully saturated rings. The van der Waals surface area contributed by atoms with E-state index in [1.165, 1.54) is 15.9 Å². The molecule has 0 aliphatic carbocycles. The molecule has 7 heteroatoms. The topological polar surface area (TPSA) is 66.9 Å². The average Bonchev–Trinajstić information content (AvgIpc) is 2.88. The van der Waals surface area contributed by atoms with Gasteiger partial charge in [0.05, 0.1) is 11.1 Å². The van der Waals surface area contributed by atoms with Crippen molar-refractivity contribution < 1.29 is 0 Å². The SMILES string of the molecule is Cc1ccc(-n2c(=O)[nH]c3sc4c(c3c2=O)CCNC4)cc1C.Cl. The fraction of sp³-hybridized carbons (Fsp3) is 0.294. The predicted octanol–water partition coefficient (Wildman–Crippen LogP) is 2.42. The van der Waals surface area contributed by atoms with Crippen LogP contribution in [-0.4, -0.2) is 16.1 Å². The van der Waals surface area contributed by atoms with Gasteiger partial charge < -0.3 is 5.32 Å². The van der Waals surface area contributed by atoms with E-state index < -0.39 is 0 Å². The minimum Gasteiger partial charge on any atom is -0.312 e. The highest BCUT2D eigenvalue weighted by Crippen LogP contribution is 2.29. The van der Waals surface area contributed by atoms with Crippen molar-refractivity contribution in [3.05, 3.63) is 60.6 Å². The van der Waals surface area contributed by atoms with Gasteiger partial charge in [0.1, 0.15) is 4.83 Å². The van der Waals surface area contributed by atoms with Crippen molar-refractivity contribution in [3.63, 3.8) is 0 Å². The van der Waals surface area contributed by atoms with Gasteiger partial charge in [-0.05, 0) is 55.6 Å². The first kappa shape index (κ1) is 17.0. The summed E-state index contributed by atoms with van der Waals surface area (Å²) >= 11 is 1.51. The Bertz CT molecular complexity index is 1050. The number of aromatic amines is 1. The fourth-order valence-corrected chi connectivity index (χ4v) is 4.30. The summed E-state index contributed by atoms with van der Waals surface area (Å²) in [5, 5.41) is 3.98. The maximum absolute atomic E-state index is 13.0. The third kappa shape index (κ3) is 2.51. The van der Waals surface area contributed by atoms with Crippen LogP contribution in [0, 0.1) is 13.8 Å². The number of aromatic nitrogens is 2. The molecule has 126 valence electrons. The van der Waals surface area contributed by atoms with Crippen molar-refractivity contribution >= 4 is 34.0 Å². The van der Waals surface area contributed by atoms with Crippen LogP contribution >= 0.6 is 23.7 Å². The van der Waals surface area contributed by atoms with Gasteiger partial charge in [-0.15, -0.1) is 23.7 Å². The summed E-state index contributed by atoms with van der Waals surface area (Å²) in [6.07, 6.45) is 0.823. The summed E-state index contributed by atoms with van der Waals surface area (Å²) in [7, 11) is 0. The molecule has 0 radical (unpaired) electrons. The molecule has 0 atom stereocenters. The van der Waals surface area contributed by atoms with Crippen LogP contribution in [-0.2, 0) is 13.0 Å². The number of hydrogen-bond donors (Lipinski definition) is 2. The lowest BCUT2D eigenvalue weighted by Crippen LogP contribution is -2.34. The quantitative estimate of drug-likeness (QED) is 0.697. The van der Waals surface area contributed by atoms with Crippen LogP contribution in [0.1, 0.15) is 21.6 Å². The van der Waals surface area contributed by atoms with Gasteiger partial charge in [-0.1, -0.05) is 6.07 Å². The number of nitrogens with one attached hydrogen (secondary N) is 2. The second-order valence-electron chi connectivity index (χ2n) is 5.97. The lowest BCUT2D eigenvalue weighted by atomic mass is 10.1. The van der Waals surface area contributed by atoms with Crippen molar-refractivity contribution in [3.8, 4) is 5.69 Å². The standard InChI is InChI=1S/C17H17N3O2S.ClH/c1-9-3-4-11(7-10(9)2)20-16(21)14-12-5-6-18-8-13(12)23-15(14)19-17(20)22;/h3-4,7,18H,5-6,8H2,1-2H3,(H,19,22);1H. The van der Waals surface area contributed by atoms with Crippen LogP contribution < -0.4 is 16.6 Å². The molecular formula is C17H18ClN3O2S. The number of rotatable bonds is 1. The molecule has 2 N–H and O–H groups in total. The zero-order chi connectivity index (χ0) is 16.1. The number of hydrogen-bond acceptors (Lipinski definition) is 4. The van der Waals surface area contributed by atoms with Gasteiger partial charge >= 0.3 is 5.69 Å². The Balaban J connectivity index is 0.00000169. The average molecular weight is 364 g/mol. The van der Waals surface area contributed by atoms with Gasteiger partial charge in [-0.3, -0.25) is 9.78 Å². The molecular weight excluding hydrogens is 346 g/mol. The Hall–Kier alpha value is -1.89. The van der Waals surface area contributed by atoms with Gasteiger partial charge in [-0.2, -0.15) is 0 Å². The molecule has 0 spiro atoms. The number of fused-ring (bicyclic) bond motifs is 3.